The van der Waals surface area contributed by atoms with E-state index in [1.54, 1.807) is 158 Å². The third-order valence-electron chi connectivity index (χ3n) is 25.3. The van der Waals surface area contributed by atoms with Crippen LogP contribution in [0.25, 0.3) is 10.9 Å². The highest BCUT2D eigenvalue weighted by Gasteiger charge is 2.52. The standard InChI is InChI=1S/C26H21N3O3.C24H21N3O3.2C23H19N3O3.C22H17N3O3/c30-24-22(15-19-16-27-23-14-8-7-13-21(19)23)25(31)29(20-11-5-2-6-12-20)26(32)28(24)17-18-9-3-1-4-10-18;28-22-21(15-18-11-13-25-14-12-18)23(29)27(17-20-9-5-2-6-10-20)24(30)26(22)16-19-7-3-1-4-8-19;27-21-20(15-18-11-7-8-14-24-18)22(28)26(19-12-5-2-6-13-19)23(29)25(21)16-17-9-3-1-4-10-17;27-21-19(15-17-9-3-1-4-10-17)22(28)26(20-13-7-8-14-24-20)23(29)25(21)16-18-11-5-2-6-12-18;26-20-19(15-16-7-3-1-4-8-16)21(27)25(18-11-13-23-14-12-18)22(28)24(20)17-9-5-2-6-10-17/h1-14,16,22,27H,15,17H2;1-14,21H,15-17H2;1-14,20H,15-16H2;1-14,19H,15-16H2;1-14,19H,15H2. The second-order valence-corrected chi connectivity index (χ2v) is 35.0. The summed E-state index contributed by atoms with van der Waals surface area (Å²) in [6.07, 6.45) is 12.2. The van der Waals surface area contributed by atoms with E-state index in [4.69, 9.17) is 0 Å². The summed E-state index contributed by atoms with van der Waals surface area (Å²) in [7, 11) is 0. The summed E-state index contributed by atoms with van der Waals surface area (Å²) < 4.78 is 0. The number of hydrogen-bond acceptors (Lipinski definition) is 19. The molecule has 11 aromatic carbocycles. The molecule has 4 unspecified atom stereocenters. The number of nitrogens with one attached hydrogen (secondary N) is 1. The molecule has 30 heteroatoms. The molecule has 1 N–H and O–H groups in total. The molecule has 4 atom stereocenters. The molecule has 10 heterocycles. The van der Waals surface area contributed by atoms with Crippen molar-refractivity contribution in [3.63, 3.8) is 0 Å². The van der Waals surface area contributed by atoms with Gasteiger partial charge in [0, 0.05) is 66.4 Å². The number of fused-ring (bicyclic) bond motifs is 1. The van der Waals surface area contributed by atoms with Gasteiger partial charge in [0.05, 0.1) is 55.5 Å². The Bertz CT molecular complexity index is 6930. The molecular formula is C118H97N15O15. The number of rotatable bonds is 25. The molecule has 5 fully saturated rings. The van der Waals surface area contributed by atoms with Crippen molar-refractivity contribution in [3.8, 4) is 0 Å². The first-order chi connectivity index (χ1) is 72.2. The highest BCUT2D eigenvalue weighted by Crippen LogP contribution is 2.37. The lowest BCUT2D eigenvalue weighted by atomic mass is 9.93. The minimum Gasteiger partial charge on any atom is -0.361 e. The number of pyridine rings is 4. The Balaban J connectivity index is 0.000000126. The monoisotopic (exact) mass is 1960 g/mol. The number of H-pyrrole nitrogens is 1. The second-order valence-electron chi connectivity index (χ2n) is 35.0. The number of imide groups is 10. The maximum absolute atomic E-state index is 13.5. The Morgan fingerprint density at radius 1 is 0.203 bits per heavy atom. The normalized spacial score (nSPS) is 16.6. The topological polar surface area (TPSA) is 356 Å². The van der Waals surface area contributed by atoms with Crippen LogP contribution >= 0.6 is 0 Å². The summed E-state index contributed by atoms with van der Waals surface area (Å²) in [5, 5.41) is 0.964. The molecule has 0 saturated carbocycles. The van der Waals surface area contributed by atoms with E-state index < -0.39 is 119 Å². The van der Waals surface area contributed by atoms with Crippen LogP contribution in [-0.4, -0.2) is 139 Å². The fourth-order valence-electron chi connectivity index (χ4n) is 17.8. The molecule has 20 amide bonds. The third kappa shape index (κ3) is 23.3. The Kier molecular flexibility index (Phi) is 32.1. The molecular weight excluding hydrogens is 1870 g/mol. The number of carbonyl (C=O) groups is 15. The summed E-state index contributed by atoms with van der Waals surface area (Å²) in [4.78, 5) is 229. The van der Waals surface area contributed by atoms with Crippen LogP contribution in [0.4, 0.5) is 52.5 Å². The van der Waals surface area contributed by atoms with Gasteiger partial charge in [-0.25, -0.2) is 53.5 Å². The Hall–Kier alpha value is -19.4. The fraction of sp³-hybridized carbons (Fsp3) is 0.127. The van der Waals surface area contributed by atoms with Crippen LogP contribution in [0.1, 0.15) is 55.8 Å². The highest BCUT2D eigenvalue weighted by molar-refractivity contribution is 6.37. The summed E-state index contributed by atoms with van der Waals surface area (Å²) in [5.74, 6) is -9.71. The third-order valence-corrected chi connectivity index (χ3v) is 25.3. The zero-order valence-corrected chi connectivity index (χ0v) is 79.8. The molecule has 0 radical (unpaired) electrons. The van der Waals surface area contributed by atoms with Gasteiger partial charge in [-0.1, -0.05) is 297 Å². The van der Waals surface area contributed by atoms with Gasteiger partial charge in [-0.2, -0.15) is 0 Å². The molecule has 148 heavy (non-hydrogen) atoms. The minimum atomic E-state index is -1.01. The minimum absolute atomic E-state index is 0.0976. The van der Waals surface area contributed by atoms with Gasteiger partial charge in [-0.3, -0.25) is 87.4 Å². The van der Waals surface area contributed by atoms with Crippen molar-refractivity contribution in [1.29, 1.82) is 0 Å². The van der Waals surface area contributed by atoms with Crippen LogP contribution in [0.15, 0.2) is 432 Å². The van der Waals surface area contributed by atoms with E-state index in [1.807, 2.05) is 255 Å². The van der Waals surface area contributed by atoms with E-state index in [-0.39, 0.29) is 70.6 Å². The Labute approximate surface area is 851 Å². The number of urea groups is 5. The predicted octanol–water partition coefficient (Wildman–Crippen LogP) is 18.3. The van der Waals surface area contributed by atoms with Crippen molar-refractivity contribution >= 4 is 129 Å². The number of aromatic nitrogens is 5. The lowest BCUT2D eigenvalue weighted by Crippen LogP contribution is -2.61. The second kappa shape index (κ2) is 47.5. The van der Waals surface area contributed by atoms with Gasteiger partial charge >= 0.3 is 30.2 Å². The number of barbiturate groups is 5. The van der Waals surface area contributed by atoms with Gasteiger partial charge in [0.15, 0.2) is 0 Å². The summed E-state index contributed by atoms with van der Waals surface area (Å²) in [5.41, 5.74) is 10.8. The molecule has 16 aromatic rings. The van der Waals surface area contributed by atoms with Crippen molar-refractivity contribution in [3.05, 3.63) is 487 Å². The molecule has 0 bridgehead atoms. The highest BCUT2D eigenvalue weighted by atomic mass is 16.2. The van der Waals surface area contributed by atoms with Crippen molar-refractivity contribution in [2.24, 2.45) is 29.6 Å². The number of nitrogens with zero attached hydrogens (tertiary/aromatic N) is 14. The molecule has 5 aromatic heterocycles. The smallest absolute Gasteiger partial charge is 0.342 e. The van der Waals surface area contributed by atoms with E-state index in [0.29, 0.717) is 28.4 Å². The number of anilines is 5. The van der Waals surface area contributed by atoms with E-state index in [9.17, 15) is 71.9 Å². The Morgan fingerprint density at radius 3 is 0.824 bits per heavy atom. The zero-order chi connectivity index (χ0) is 103. The quantitative estimate of drug-likeness (QED) is 0.0519. The summed E-state index contributed by atoms with van der Waals surface area (Å²) in [6.45, 7) is 0.571. The van der Waals surface area contributed by atoms with Gasteiger partial charge in [-0.05, 0) is 167 Å². The van der Waals surface area contributed by atoms with Crippen LogP contribution < -0.4 is 24.5 Å². The summed E-state index contributed by atoms with van der Waals surface area (Å²) >= 11 is 0. The number of para-hydroxylation sites is 4. The van der Waals surface area contributed by atoms with E-state index in [0.717, 1.165) is 95.3 Å². The largest absolute Gasteiger partial charge is 0.361 e. The SMILES string of the molecule is O=C1C(Cc2c[nH]c3ccccc23)C(=O)N(c2ccccc2)C(=O)N1Cc1ccccc1.O=C1C(Cc2ccccc2)C(=O)N(c2ccccn2)C(=O)N1Cc1ccccc1.O=C1C(Cc2ccccc2)C(=O)N(c2ccncc2)C(=O)N1c1ccccc1.O=C1C(Cc2ccccn2)C(=O)N(c2ccccc2)C(=O)N1Cc1ccccc1.O=C1C(Cc2ccncc2)C(=O)N(Cc2ccccc2)C(=O)N1Cc1ccccc1. The van der Waals surface area contributed by atoms with E-state index >= 15 is 0 Å². The number of hydrogen-bond donors (Lipinski definition) is 1. The van der Waals surface area contributed by atoms with Crippen LogP contribution in [0.3, 0.4) is 0 Å². The number of benzene rings is 11. The summed E-state index contributed by atoms with van der Waals surface area (Å²) in [6, 6.07) is 113. The van der Waals surface area contributed by atoms with E-state index in [1.165, 1.54) is 33.3 Å². The molecule has 0 spiro atoms. The predicted molar refractivity (Wildman–Crippen MR) is 553 cm³/mol. The first-order valence-electron chi connectivity index (χ1n) is 47.8. The van der Waals surface area contributed by atoms with Gasteiger partial charge in [0.1, 0.15) is 35.4 Å². The first kappa shape index (κ1) is 100. The van der Waals surface area contributed by atoms with Crippen LogP contribution in [-0.2, 0) is 113 Å². The van der Waals surface area contributed by atoms with Crippen molar-refractivity contribution in [1.82, 2.24) is 49.4 Å². The molecule has 5 saturated heterocycles. The van der Waals surface area contributed by atoms with Crippen molar-refractivity contribution in [2.45, 2.75) is 64.8 Å². The molecule has 0 aliphatic carbocycles. The number of amides is 20. The van der Waals surface area contributed by atoms with Crippen molar-refractivity contribution < 1.29 is 71.9 Å². The molecule has 30 nitrogen and oxygen atoms in total. The average Bonchev–Trinajstić information content (AvgIpc) is 1.13. The molecule has 5 aliphatic rings. The lowest BCUT2D eigenvalue weighted by molar-refractivity contribution is -0.150. The maximum atomic E-state index is 13.5. The van der Waals surface area contributed by atoms with Gasteiger partial charge in [0.2, 0.25) is 59.1 Å². The zero-order valence-electron chi connectivity index (χ0n) is 79.8. The Morgan fingerprint density at radius 2 is 0.466 bits per heavy atom. The van der Waals surface area contributed by atoms with Gasteiger partial charge < -0.3 is 4.98 Å². The average molecular weight is 1970 g/mol. The van der Waals surface area contributed by atoms with Crippen LogP contribution in [0.2, 0.25) is 0 Å². The van der Waals surface area contributed by atoms with Gasteiger partial charge in [0.25, 0.3) is 0 Å². The van der Waals surface area contributed by atoms with E-state index in [2.05, 4.69) is 24.9 Å². The molecule has 21 rings (SSSR count). The molecule has 734 valence electrons. The molecule has 5 aliphatic heterocycles. The number of aromatic amines is 1. The van der Waals surface area contributed by atoms with Crippen LogP contribution in [0.5, 0.6) is 0 Å². The first-order valence-corrected chi connectivity index (χ1v) is 47.8. The van der Waals surface area contributed by atoms with Crippen LogP contribution in [0, 0.1) is 29.6 Å². The fourth-order valence-corrected chi connectivity index (χ4v) is 17.8. The maximum Gasteiger partial charge on any atom is 0.342 e. The number of carbonyl (C=O) groups excluding carboxylic acids is 15. The van der Waals surface area contributed by atoms with Crippen molar-refractivity contribution in [2.75, 3.05) is 24.5 Å². The lowest BCUT2D eigenvalue weighted by Gasteiger charge is -2.37. The van der Waals surface area contributed by atoms with Gasteiger partial charge in [-0.15, -0.1) is 0 Å².